The molecule has 0 fully saturated rings. The van der Waals surface area contributed by atoms with Crippen LogP contribution in [0.2, 0.25) is 0 Å². The minimum absolute atomic E-state index is 0.0992. The second-order valence-corrected chi connectivity index (χ2v) is 2.68. The van der Waals surface area contributed by atoms with Crippen molar-refractivity contribution in [2.24, 2.45) is 0 Å². The van der Waals surface area contributed by atoms with Crippen LogP contribution in [-0.2, 0) is 0 Å². The number of fused-ring (bicyclic) bond motifs is 1. The molecule has 1 N–H and O–H groups in total. The summed E-state index contributed by atoms with van der Waals surface area (Å²) in [5, 5.41) is 18.8. The van der Waals surface area contributed by atoms with Gasteiger partial charge in [-0.25, -0.2) is 0 Å². The zero-order valence-corrected chi connectivity index (χ0v) is 6.73. The van der Waals surface area contributed by atoms with Crippen LogP contribution in [-0.4, -0.2) is 10.1 Å². The van der Waals surface area contributed by atoms with Gasteiger partial charge in [-0.1, -0.05) is 0 Å². The first-order valence-electron chi connectivity index (χ1n) is 3.79. The molecular weight excluding hydrogens is 164 g/mol. The molecule has 62 valence electrons. The van der Waals surface area contributed by atoms with Crippen molar-refractivity contribution >= 4 is 10.9 Å². The maximum Gasteiger partial charge on any atom is 0.126 e. The van der Waals surface area contributed by atoms with Crippen LogP contribution in [0.25, 0.3) is 10.9 Å². The molecule has 0 saturated heterocycles. The molecule has 0 radical (unpaired) electrons. The number of phenolic OH excluding ortho intramolecular Hbond substituents is 1. The summed E-state index contributed by atoms with van der Waals surface area (Å²) in [5.74, 6) is 0.0992. The van der Waals surface area contributed by atoms with Crippen molar-refractivity contribution in [3.63, 3.8) is 0 Å². The Morgan fingerprint density at radius 2 is 2.23 bits per heavy atom. The van der Waals surface area contributed by atoms with Crippen LogP contribution in [0, 0.1) is 11.3 Å². The number of phenols is 1. The molecule has 0 aliphatic rings. The molecule has 0 saturated carbocycles. The molecule has 13 heavy (non-hydrogen) atoms. The molecule has 3 nitrogen and oxygen atoms in total. The van der Waals surface area contributed by atoms with Gasteiger partial charge in [0.2, 0.25) is 0 Å². The normalized spacial score (nSPS) is 9.77. The lowest BCUT2D eigenvalue weighted by Gasteiger charge is -1.99. The first kappa shape index (κ1) is 7.56. The number of pyridine rings is 1. The SMILES string of the molecule is N#Cc1cc(O)c2cccnc2c1. The number of rotatable bonds is 0. The smallest absolute Gasteiger partial charge is 0.126 e. The predicted molar refractivity (Wildman–Crippen MR) is 48.1 cm³/mol. The highest BCUT2D eigenvalue weighted by molar-refractivity contribution is 5.85. The first-order valence-corrected chi connectivity index (χ1v) is 3.79. The highest BCUT2D eigenvalue weighted by atomic mass is 16.3. The molecule has 0 unspecified atom stereocenters. The largest absolute Gasteiger partial charge is 0.507 e. The van der Waals surface area contributed by atoms with E-state index in [-0.39, 0.29) is 5.75 Å². The van der Waals surface area contributed by atoms with E-state index in [1.807, 2.05) is 6.07 Å². The van der Waals surface area contributed by atoms with Crippen LogP contribution in [0.1, 0.15) is 5.56 Å². The number of nitrogens with zero attached hydrogens (tertiary/aromatic N) is 2. The second-order valence-electron chi connectivity index (χ2n) is 2.68. The first-order chi connectivity index (χ1) is 6.31. The monoisotopic (exact) mass is 170 g/mol. The van der Waals surface area contributed by atoms with E-state index in [0.29, 0.717) is 16.5 Å². The highest BCUT2D eigenvalue weighted by Crippen LogP contribution is 2.23. The van der Waals surface area contributed by atoms with Crippen LogP contribution in [0.4, 0.5) is 0 Å². The minimum Gasteiger partial charge on any atom is -0.507 e. The predicted octanol–water partition coefficient (Wildman–Crippen LogP) is 1.81. The molecule has 0 aliphatic heterocycles. The Labute approximate surface area is 74.9 Å². The maximum absolute atomic E-state index is 9.49. The molecular formula is C10H6N2O. The molecule has 0 amide bonds. The van der Waals surface area contributed by atoms with Gasteiger partial charge >= 0.3 is 0 Å². The number of hydrogen-bond donors (Lipinski definition) is 1. The number of aromatic hydroxyl groups is 1. The standard InChI is InChI=1S/C10H6N2O/c11-6-7-4-9-8(10(13)5-7)2-1-3-12-9/h1-5,13H. The molecule has 1 aromatic heterocycles. The van der Waals surface area contributed by atoms with Gasteiger partial charge in [0.25, 0.3) is 0 Å². The van der Waals surface area contributed by atoms with Gasteiger partial charge in [-0.3, -0.25) is 4.98 Å². The third-order valence-corrected chi connectivity index (χ3v) is 1.83. The minimum atomic E-state index is 0.0992. The summed E-state index contributed by atoms with van der Waals surface area (Å²) in [6.07, 6.45) is 1.63. The number of benzene rings is 1. The van der Waals surface area contributed by atoms with Crippen molar-refractivity contribution in [1.82, 2.24) is 4.98 Å². The molecule has 0 atom stereocenters. The van der Waals surface area contributed by atoms with Gasteiger partial charge in [0.15, 0.2) is 0 Å². The van der Waals surface area contributed by atoms with Crippen molar-refractivity contribution < 1.29 is 5.11 Å². The Kier molecular flexibility index (Phi) is 1.60. The van der Waals surface area contributed by atoms with E-state index in [0.717, 1.165) is 0 Å². The van der Waals surface area contributed by atoms with Gasteiger partial charge in [0.1, 0.15) is 5.75 Å². The molecule has 2 aromatic rings. The fraction of sp³-hybridized carbons (Fsp3) is 0. The lowest BCUT2D eigenvalue weighted by atomic mass is 10.1. The Morgan fingerprint density at radius 1 is 1.38 bits per heavy atom. The third kappa shape index (κ3) is 1.18. The number of aromatic nitrogens is 1. The summed E-state index contributed by atoms with van der Waals surface area (Å²) in [6, 6.07) is 8.55. The lowest BCUT2D eigenvalue weighted by molar-refractivity contribution is 0.481. The van der Waals surface area contributed by atoms with Crippen molar-refractivity contribution in [3.05, 3.63) is 36.0 Å². The summed E-state index contributed by atoms with van der Waals surface area (Å²) in [5.41, 5.74) is 1.06. The summed E-state index contributed by atoms with van der Waals surface area (Å²) in [7, 11) is 0. The Hall–Kier alpha value is -2.08. The Balaban J connectivity index is 2.86. The van der Waals surface area contributed by atoms with E-state index in [1.54, 1.807) is 24.4 Å². The van der Waals surface area contributed by atoms with Crippen LogP contribution in [0.5, 0.6) is 5.75 Å². The fourth-order valence-electron chi connectivity index (χ4n) is 1.23. The van der Waals surface area contributed by atoms with Crippen molar-refractivity contribution in [3.8, 4) is 11.8 Å². The fourth-order valence-corrected chi connectivity index (χ4v) is 1.23. The van der Waals surface area contributed by atoms with E-state index >= 15 is 0 Å². The van der Waals surface area contributed by atoms with Gasteiger partial charge in [-0.15, -0.1) is 0 Å². The maximum atomic E-state index is 9.49. The molecule has 0 bridgehead atoms. The molecule has 0 aliphatic carbocycles. The van der Waals surface area contributed by atoms with Crippen molar-refractivity contribution in [2.75, 3.05) is 0 Å². The molecule has 3 heteroatoms. The molecule has 1 heterocycles. The summed E-state index contributed by atoms with van der Waals surface area (Å²) in [6.45, 7) is 0. The van der Waals surface area contributed by atoms with E-state index < -0.39 is 0 Å². The number of nitriles is 1. The quantitative estimate of drug-likeness (QED) is 0.656. The molecule has 1 aromatic carbocycles. The van der Waals surface area contributed by atoms with Crippen LogP contribution in [0.15, 0.2) is 30.5 Å². The molecule has 2 rings (SSSR count). The molecule has 0 spiro atoms. The van der Waals surface area contributed by atoms with Gasteiger partial charge in [-0.05, 0) is 24.3 Å². The van der Waals surface area contributed by atoms with Gasteiger partial charge < -0.3 is 5.11 Å². The van der Waals surface area contributed by atoms with E-state index in [1.165, 1.54) is 6.07 Å². The zero-order valence-electron chi connectivity index (χ0n) is 6.73. The Morgan fingerprint density at radius 3 is 3.00 bits per heavy atom. The van der Waals surface area contributed by atoms with Crippen molar-refractivity contribution in [2.45, 2.75) is 0 Å². The summed E-state index contributed by atoms with van der Waals surface area (Å²) in [4.78, 5) is 4.04. The summed E-state index contributed by atoms with van der Waals surface area (Å²) >= 11 is 0. The number of hydrogen-bond acceptors (Lipinski definition) is 3. The average molecular weight is 170 g/mol. The summed E-state index contributed by atoms with van der Waals surface area (Å²) < 4.78 is 0. The zero-order chi connectivity index (χ0) is 9.26. The van der Waals surface area contributed by atoms with Gasteiger partial charge in [0.05, 0.1) is 17.1 Å². The van der Waals surface area contributed by atoms with Crippen LogP contribution < -0.4 is 0 Å². The third-order valence-electron chi connectivity index (χ3n) is 1.83. The van der Waals surface area contributed by atoms with Crippen LogP contribution in [0.3, 0.4) is 0 Å². The van der Waals surface area contributed by atoms with Gasteiger partial charge in [0, 0.05) is 11.6 Å². The second kappa shape index (κ2) is 2.76. The average Bonchev–Trinajstić information content (AvgIpc) is 2.18. The van der Waals surface area contributed by atoms with Crippen LogP contribution >= 0.6 is 0 Å². The Bertz CT molecular complexity index is 500. The van der Waals surface area contributed by atoms with Gasteiger partial charge in [-0.2, -0.15) is 5.26 Å². The van der Waals surface area contributed by atoms with Crippen molar-refractivity contribution in [1.29, 1.82) is 5.26 Å². The topological polar surface area (TPSA) is 56.9 Å². The lowest BCUT2D eigenvalue weighted by Crippen LogP contribution is -1.81. The van der Waals surface area contributed by atoms with E-state index in [2.05, 4.69) is 4.98 Å². The van der Waals surface area contributed by atoms with E-state index in [9.17, 15) is 5.11 Å². The highest BCUT2D eigenvalue weighted by Gasteiger charge is 2.01. The van der Waals surface area contributed by atoms with E-state index in [4.69, 9.17) is 5.26 Å².